The van der Waals surface area contributed by atoms with Crippen molar-refractivity contribution in [2.75, 3.05) is 0 Å². The number of nitrogens with zero attached hydrogens (tertiary/aromatic N) is 3. The van der Waals surface area contributed by atoms with Crippen LogP contribution in [0.3, 0.4) is 0 Å². The molecular weight excluding hydrogens is 827 g/mol. The van der Waals surface area contributed by atoms with E-state index in [0.29, 0.717) is 38.9 Å². The molecule has 0 fully saturated rings. The summed E-state index contributed by atoms with van der Waals surface area (Å²) in [7, 11) is 0. The number of rotatable bonds is 5. The molecule has 0 aliphatic heterocycles. The van der Waals surface area contributed by atoms with Crippen molar-refractivity contribution in [2.24, 2.45) is 10.8 Å². The fourth-order valence-corrected chi connectivity index (χ4v) is 6.17. The van der Waals surface area contributed by atoms with Crippen molar-refractivity contribution in [3.63, 3.8) is 0 Å². The van der Waals surface area contributed by atoms with E-state index in [1.165, 1.54) is 0 Å². The first kappa shape index (κ1) is 29.5. The molecule has 0 amide bonds. The zero-order valence-corrected chi connectivity index (χ0v) is 33.0. The molecule has 269 valence electrons. The van der Waals surface area contributed by atoms with Gasteiger partial charge in [-0.2, -0.15) is 0 Å². The summed E-state index contributed by atoms with van der Waals surface area (Å²) in [6.07, 6.45) is 2.01. The Hall–Kier alpha value is -4.96. The molecule has 0 unspecified atom stereocenters. The maximum atomic E-state index is 8.64. The summed E-state index contributed by atoms with van der Waals surface area (Å²) in [4.78, 5) is 13.0. The van der Waals surface area contributed by atoms with Crippen molar-refractivity contribution >= 4 is 32.7 Å². The molecule has 8 aromatic rings. The van der Waals surface area contributed by atoms with E-state index in [2.05, 4.69) is 27.1 Å². The molecule has 0 aliphatic carbocycles. The molecule has 8 rings (SSSR count). The molecule has 5 heteroatoms. The minimum Gasteiger partial charge on any atom is -0.500 e. The zero-order valence-electron chi connectivity index (χ0n) is 37.6. The SMILES string of the molecule is [2H]C([2H])([2H])c1cc2c(ccc3c4cc[c-]c(-c5cc(C([2H])([2H])C(C)(C)C)ccn5)c4oc23)cn1.[2H]C([2H])(c1ccc(-c2ccnc(-c3[c-]cccc3)c2)cc1)C(C)(C)C.[Ir]. The summed E-state index contributed by atoms with van der Waals surface area (Å²) >= 11 is 0. The van der Waals surface area contributed by atoms with Crippen LogP contribution in [0, 0.1) is 29.8 Å². The van der Waals surface area contributed by atoms with E-state index in [-0.39, 0.29) is 25.8 Å². The van der Waals surface area contributed by atoms with Gasteiger partial charge in [0.25, 0.3) is 0 Å². The average molecular weight is 879 g/mol. The van der Waals surface area contributed by atoms with Gasteiger partial charge in [-0.15, -0.1) is 54.1 Å². The van der Waals surface area contributed by atoms with Gasteiger partial charge in [-0.25, -0.2) is 0 Å². The van der Waals surface area contributed by atoms with Gasteiger partial charge in [-0.3, -0.25) is 4.98 Å². The second-order valence-electron chi connectivity index (χ2n) is 14.9. The molecule has 0 saturated heterocycles. The van der Waals surface area contributed by atoms with Crippen molar-refractivity contribution in [2.45, 2.75) is 61.1 Å². The Morgan fingerprint density at radius 3 is 2.11 bits per heavy atom. The van der Waals surface area contributed by atoms with Gasteiger partial charge in [0.05, 0.1) is 5.58 Å². The largest absolute Gasteiger partial charge is 0.500 e. The fraction of sp³-hybridized carbons (Fsp3) is 0.229. The molecule has 0 atom stereocenters. The molecule has 0 bridgehead atoms. The Balaban J connectivity index is 0.000000207. The molecule has 0 aliphatic rings. The normalized spacial score (nSPS) is 14.4. The van der Waals surface area contributed by atoms with Crippen molar-refractivity contribution in [3.05, 3.63) is 151 Å². The fourth-order valence-electron chi connectivity index (χ4n) is 6.17. The van der Waals surface area contributed by atoms with Gasteiger partial charge in [0.15, 0.2) is 0 Å². The second-order valence-corrected chi connectivity index (χ2v) is 14.9. The number of aromatic nitrogens is 3. The molecule has 0 saturated carbocycles. The first-order chi connectivity index (χ1) is 27.7. The summed E-state index contributed by atoms with van der Waals surface area (Å²) in [5.41, 5.74) is 6.47. The summed E-state index contributed by atoms with van der Waals surface area (Å²) in [6.45, 7) is 9.05. The number of benzene rings is 4. The van der Waals surface area contributed by atoms with Crippen LogP contribution in [0.2, 0.25) is 0 Å². The molecule has 4 aromatic carbocycles. The summed E-state index contributed by atoms with van der Waals surface area (Å²) in [6, 6.07) is 38.5. The Morgan fingerprint density at radius 1 is 0.642 bits per heavy atom. The van der Waals surface area contributed by atoms with Crippen LogP contribution in [0.25, 0.3) is 66.4 Å². The van der Waals surface area contributed by atoms with E-state index in [1.807, 2.05) is 120 Å². The average Bonchev–Trinajstić information content (AvgIpc) is 3.60. The Kier molecular flexibility index (Phi) is 8.66. The van der Waals surface area contributed by atoms with Crippen molar-refractivity contribution in [1.82, 2.24) is 15.0 Å². The first-order valence-electron chi connectivity index (χ1n) is 20.8. The number of pyridine rings is 3. The van der Waals surface area contributed by atoms with E-state index in [4.69, 9.17) is 14.0 Å². The van der Waals surface area contributed by atoms with Crippen LogP contribution in [-0.2, 0) is 32.9 Å². The van der Waals surface area contributed by atoms with Gasteiger partial charge in [0.1, 0.15) is 5.58 Å². The quantitative estimate of drug-likeness (QED) is 0.162. The number of furan rings is 1. The molecule has 53 heavy (non-hydrogen) atoms. The third-order valence-electron chi connectivity index (χ3n) is 8.32. The number of hydrogen-bond acceptors (Lipinski definition) is 4. The monoisotopic (exact) mass is 879 g/mol. The number of fused-ring (bicyclic) bond motifs is 5. The summed E-state index contributed by atoms with van der Waals surface area (Å²) in [5, 5.41) is 3.15. The molecule has 4 aromatic heterocycles. The van der Waals surface area contributed by atoms with E-state index in [1.54, 1.807) is 42.9 Å². The van der Waals surface area contributed by atoms with E-state index in [0.717, 1.165) is 38.5 Å². The smallest absolute Gasteiger partial charge is 0.128 e. The van der Waals surface area contributed by atoms with E-state index < -0.39 is 30.4 Å². The van der Waals surface area contributed by atoms with Gasteiger partial charge >= 0.3 is 0 Å². The third kappa shape index (κ3) is 8.99. The summed E-state index contributed by atoms with van der Waals surface area (Å²) < 4.78 is 63.6. The van der Waals surface area contributed by atoms with Crippen molar-refractivity contribution < 1.29 is 34.1 Å². The van der Waals surface area contributed by atoms with Crippen LogP contribution in [0.5, 0.6) is 0 Å². The van der Waals surface area contributed by atoms with Gasteiger partial charge in [-0.1, -0.05) is 107 Å². The van der Waals surface area contributed by atoms with Gasteiger partial charge in [-0.05, 0) is 76.7 Å². The van der Waals surface area contributed by atoms with Crippen molar-refractivity contribution in [3.8, 4) is 33.6 Å². The van der Waals surface area contributed by atoms with Gasteiger partial charge in [0, 0.05) is 70.1 Å². The maximum Gasteiger partial charge on any atom is 0.128 e. The number of aryl methyl sites for hydroxylation is 1. The minimum atomic E-state index is -2.32. The molecular formula is C48H45IrN3O-2. The molecule has 4 heterocycles. The molecule has 1 radical (unpaired) electrons. The van der Waals surface area contributed by atoms with Gasteiger partial charge < -0.3 is 14.4 Å². The van der Waals surface area contributed by atoms with Crippen LogP contribution in [0.15, 0.2) is 126 Å². The topological polar surface area (TPSA) is 51.8 Å². The number of hydrogen-bond donors (Lipinski definition) is 0. The minimum absolute atomic E-state index is 0. The Morgan fingerprint density at radius 2 is 1.38 bits per heavy atom. The van der Waals surface area contributed by atoms with Gasteiger partial charge in [0.2, 0.25) is 0 Å². The third-order valence-corrected chi connectivity index (χ3v) is 8.32. The van der Waals surface area contributed by atoms with Crippen molar-refractivity contribution in [1.29, 1.82) is 0 Å². The van der Waals surface area contributed by atoms with Crippen LogP contribution in [0.1, 0.15) is 68.0 Å². The van der Waals surface area contributed by atoms with E-state index >= 15 is 0 Å². The molecule has 0 N–H and O–H groups in total. The van der Waals surface area contributed by atoms with Crippen LogP contribution < -0.4 is 0 Å². The Bertz CT molecular complexity index is 2790. The van der Waals surface area contributed by atoms with Crippen LogP contribution >= 0.6 is 0 Å². The molecule has 0 spiro atoms. The van der Waals surface area contributed by atoms with Crippen LogP contribution in [-0.4, -0.2) is 15.0 Å². The maximum absolute atomic E-state index is 8.64. The summed E-state index contributed by atoms with van der Waals surface area (Å²) in [5.74, 6) is 0. The Labute approximate surface area is 336 Å². The van der Waals surface area contributed by atoms with E-state index in [9.17, 15) is 0 Å². The zero-order chi connectivity index (χ0) is 42.5. The second kappa shape index (κ2) is 15.6. The molecule has 4 nitrogen and oxygen atoms in total. The predicted octanol–water partition coefficient (Wildman–Crippen LogP) is 12.7. The standard InChI is InChI=1S/C26H23N2O.C22H22N.Ir/c1-16-12-22-18(15-28-16)8-9-20-19-6-5-7-21(24(19)29-25(20)22)23-13-17(10-11-27-23)14-26(2,3)4;1-22(2,3)16-17-9-11-18(12-10-17)20-13-14-23-21(15-20)19-7-5-4-6-8-19;/h5-6,8-13,15H,14H2,1-4H3;4-7,9-15H,16H2,1-3H3;/q2*-1;/i1D3,14D2;16D2;. The first-order valence-corrected chi connectivity index (χ1v) is 17.3. The predicted molar refractivity (Wildman–Crippen MR) is 216 cm³/mol. The van der Waals surface area contributed by atoms with Crippen LogP contribution in [0.4, 0.5) is 0 Å².